The van der Waals surface area contributed by atoms with Gasteiger partial charge in [0, 0.05) is 17.9 Å². The monoisotopic (exact) mass is 264 g/mol. The fourth-order valence-electron chi connectivity index (χ4n) is 2.16. The molecule has 0 aliphatic heterocycles. The second kappa shape index (κ2) is 7.67. The van der Waals surface area contributed by atoms with Crippen molar-refractivity contribution in [2.45, 2.75) is 39.7 Å². The minimum absolute atomic E-state index is 0.150. The number of nitrogen functional groups attached to an aromatic ring is 1. The number of rotatable bonds is 7. The molecule has 1 rings (SSSR count). The highest BCUT2D eigenvalue weighted by molar-refractivity contribution is 5.80. The van der Waals surface area contributed by atoms with E-state index in [-0.39, 0.29) is 12.0 Å². The number of anilines is 2. The molecule has 0 aliphatic carbocycles. The maximum absolute atomic E-state index is 12.1. The Balaban J connectivity index is 2.95. The van der Waals surface area contributed by atoms with Crippen molar-refractivity contribution in [1.82, 2.24) is 0 Å². The van der Waals surface area contributed by atoms with Gasteiger partial charge in [-0.3, -0.25) is 0 Å². The smallest absolute Gasteiger partial charge is 0.328 e. The normalized spacial score (nSPS) is 11.9. The van der Waals surface area contributed by atoms with Crippen LogP contribution < -0.4 is 10.6 Å². The Hall–Kier alpha value is -1.71. The number of ether oxygens (including phenoxy) is 1. The Morgan fingerprint density at radius 2 is 1.89 bits per heavy atom. The summed E-state index contributed by atoms with van der Waals surface area (Å²) in [4.78, 5) is 14.2. The predicted molar refractivity (Wildman–Crippen MR) is 79.2 cm³/mol. The topological polar surface area (TPSA) is 55.6 Å². The van der Waals surface area contributed by atoms with Crippen LogP contribution in [0.1, 0.15) is 33.6 Å². The van der Waals surface area contributed by atoms with Gasteiger partial charge in [0.05, 0.1) is 6.61 Å². The van der Waals surface area contributed by atoms with Gasteiger partial charge in [0.1, 0.15) is 6.04 Å². The fourth-order valence-corrected chi connectivity index (χ4v) is 2.16. The van der Waals surface area contributed by atoms with Crippen molar-refractivity contribution in [3.8, 4) is 0 Å². The zero-order valence-electron chi connectivity index (χ0n) is 12.1. The highest BCUT2D eigenvalue weighted by Crippen LogP contribution is 2.21. The van der Waals surface area contributed by atoms with Gasteiger partial charge in [-0.1, -0.05) is 13.3 Å². The first-order valence-electron chi connectivity index (χ1n) is 6.92. The van der Waals surface area contributed by atoms with Gasteiger partial charge in [0.25, 0.3) is 0 Å². The number of carbonyl (C=O) groups is 1. The lowest BCUT2D eigenvalue weighted by atomic mass is 10.1. The first-order valence-corrected chi connectivity index (χ1v) is 6.92. The highest BCUT2D eigenvalue weighted by atomic mass is 16.5. The molecule has 1 unspecified atom stereocenters. The number of esters is 1. The number of nitrogens with zero attached hydrogens (tertiary/aromatic N) is 1. The standard InChI is InChI=1S/C15H24N2O2/c1-4-7-14(15(18)19-6-3)17(5-2)13-10-8-12(16)9-11-13/h8-11,14H,4-7,16H2,1-3H3. The van der Waals surface area contributed by atoms with Crippen LogP contribution >= 0.6 is 0 Å². The fraction of sp³-hybridized carbons (Fsp3) is 0.533. The Bertz CT molecular complexity index is 390. The quantitative estimate of drug-likeness (QED) is 0.608. The van der Waals surface area contributed by atoms with E-state index >= 15 is 0 Å². The van der Waals surface area contributed by atoms with Crippen molar-refractivity contribution in [2.75, 3.05) is 23.8 Å². The molecule has 0 saturated heterocycles. The van der Waals surface area contributed by atoms with Gasteiger partial charge in [-0.15, -0.1) is 0 Å². The lowest BCUT2D eigenvalue weighted by molar-refractivity contribution is -0.144. The zero-order chi connectivity index (χ0) is 14.3. The van der Waals surface area contributed by atoms with Crippen molar-refractivity contribution in [3.63, 3.8) is 0 Å². The van der Waals surface area contributed by atoms with Gasteiger partial charge in [0.2, 0.25) is 0 Å². The molecule has 0 fully saturated rings. The van der Waals surface area contributed by atoms with E-state index in [0.717, 1.165) is 30.8 Å². The van der Waals surface area contributed by atoms with E-state index in [1.54, 1.807) is 0 Å². The molecule has 19 heavy (non-hydrogen) atoms. The molecule has 0 aliphatic rings. The summed E-state index contributed by atoms with van der Waals surface area (Å²) in [7, 11) is 0. The third-order valence-corrected chi connectivity index (χ3v) is 3.06. The maximum atomic E-state index is 12.1. The molecule has 1 aromatic rings. The molecule has 2 N–H and O–H groups in total. The van der Waals surface area contributed by atoms with Crippen LogP contribution in [0.5, 0.6) is 0 Å². The average molecular weight is 264 g/mol. The number of benzene rings is 1. The summed E-state index contributed by atoms with van der Waals surface area (Å²) < 4.78 is 5.18. The first-order chi connectivity index (χ1) is 9.13. The summed E-state index contributed by atoms with van der Waals surface area (Å²) in [5, 5.41) is 0. The maximum Gasteiger partial charge on any atom is 0.328 e. The minimum atomic E-state index is -0.224. The summed E-state index contributed by atoms with van der Waals surface area (Å²) in [6.45, 7) is 7.12. The first kappa shape index (κ1) is 15.3. The number of carbonyl (C=O) groups excluding carboxylic acids is 1. The van der Waals surface area contributed by atoms with Gasteiger partial charge in [0.15, 0.2) is 0 Å². The molecule has 0 amide bonds. The van der Waals surface area contributed by atoms with Crippen molar-refractivity contribution < 1.29 is 9.53 Å². The van der Waals surface area contributed by atoms with Crippen molar-refractivity contribution in [2.24, 2.45) is 0 Å². The molecule has 4 nitrogen and oxygen atoms in total. The lowest BCUT2D eigenvalue weighted by Gasteiger charge is -2.31. The van der Waals surface area contributed by atoms with E-state index in [9.17, 15) is 4.79 Å². The second-order valence-corrected chi connectivity index (χ2v) is 4.43. The Labute approximate surface area is 115 Å². The molecule has 0 spiro atoms. The molecular weight excluding hydrogens is 240 g/mol. The van der Waals surface area contributed by atoms with Crippen LogP contribution in [-0.2, 0) is 9.53 Å². The van der Waals surface area contributed by atoms with Crippen LogP contribution in [0, 0.1) is 0 Å². The van der Waals surface area contributed by atoms with Crippen molar-refractivity contribution in [3.05, 3.63) is 24.3 Å². The van der Waals surface area contributed by atoms with E-state index in [4.69, 9.17) is 10.5 Å². The summed E-state index contributed by atoms with van der Waals surface area (Å²) >= 11 is 0. The second-order valence-electron chi connectivity index (χ2n) is 4.43. The van der Waals surface area contributed by atoms with Gasteiger partial charge >= 0.3 is 5.97 Å². The van der Waals surface area contributed by atoms with E-state index in [1.807, 2.05) is 38.1 Å². The zero-order valence-corrected chi connectivity index (χ0v) is 12.1. The average Bonchev–Trinajstić information content (AvgIpc) is 2.41. The highest BCUT2D eigenvalue weighted by Gasteiger charge is 2.25. The Morgan fingerprint density at radius 3 is 2.37 bits per heavy atom. The van der Waals surface area contributed by atoms with Crippen LogP contribution in [0.3, 0.4) is 0 Å². The van der Waals surface area contributed by atoms with E-state index < -0.39 is 0 Å². The van der Waals surface area contributed by atoms with Crippen molar-refractivity contribution >= 4 is 17.3 Å². The Morgan fingerprint density at radius 1 is 1.26 bits per heavy atom. The summed E-state index contributed by atoms with van der Waals surface area (Å²) in [6.07, 6.45) is 1.73. The SMILES string of the molecule is CCCC(C(=O)OCC)N(CC)c1ccc(N)cc1. The van der Waals surface area contributed by atoms with Gasteiger partial charge < -0.3 is 15.4 Å². The molecular formula is C15H24N2O2. The van der Waals surface area contributed by atoms with E-state index in [1.165, 1.54) is 0 Å². The minimum Gasteiger partial charge on any atom is -0.464 e. The van der Waals surface area contributed by atoms with Crippen LogP contribution in [-0.4, -0.2) is 25.2 Å². The van der Waals surface area contributed by atoms with E-state index in [2.05, 4.69) is 11.8 Å². The van der Waals surface area contributed by atoms with Gasteiger partial charge in [-0.05, 0) is 44.5 Å². The van der Waals surface area contributed by atoms with Crippen LogP contribution in [0.4, 0.5) is 11.4 Å². The van der Waals surface area contributed by atoms with Gasteiger partial charge in [-0.25, -0.2) is 4.79 Å². The van der Waals surface area contributed by atoms with E-state index in [0.29, 0.717) is 6.61 Å². The number of likely N-dealkylation sites (N-methyl/N-ethyl adjacent to an activating group) is 1. The third-order valence-electron chi connectivity index (χ3n) is 3.06. The molecule has 0 aromatic heterocycles. The molecule has 1 atom stereocenters. The molecule has 4 heteroatoms. The van der Waals surface area contributed by atoms with Crippen molar-refractivity contribution in [1.29, 1.82) is 0 Å². The number of nitrogens with two attached hydrogens (primary N) is 1. The molecule has 0 saturated carbocycles. The Kier molecular flexibility index (Phi) is 6.19. The predicted octanol–water partition coefficient (Wildman–Crippen LogP) is 2.83. The van der Waals surface area contributed by atoms with Crippen LogP contribution in [0.15, 0.2) is 24.3 Å². The van der Waals surface area contributed by atoms with Crippen LogP contribution in [0.2, 0.25) is 0 Å². The molecule has 0 bridgehead atoms. The van der Waals surface area contributed by atoms with Gasteiger partial charge in [-0.2, -0.15) is 0 Å². The molecule has 0 heterocycles. The van der Waals surface area contributed by atoms with Crippen LogP contribution in [0.25, 0.3) is 0 Å². The lowest BCUT2D eigenvalue weighted by Crippen LogP contribution is -2.42. The molecule has 106 valence electrons. The number of hydrogen-bond acceptors (Lipinski definition) is 4. The summed E-state index contributed by atoms with van der Waals surface area (Å²) in [5.74, 6) is -0.150. The number of hydrogen-bond donors (Lipinski definition) is 1. The molecule has 1 aromatic carbocycles. The summed E-state index contributed by atoms with van der Waals surface area (Å²) in [6, 6.07) is 7.37. The molecule has 0 radical (unpaired) electrons. The summed E-state index contributed by atoms with van der Waals surface area (Å²) in [5.41, 5.74) is 7.43. The largest absolute Gasteiger partial charge is 0.464 e. The third kappa shape index (κ3) is 4.16.